The number of hydrogen-bond acceptors (Lipinski definition) is 4. The minimum absolute atomic E-state index is 0.631. The monoisotopic (exact) mass is 143 g/mol. The van der Waals surface area contributed by atoms with E-state index in [2.05, 4.69) is 4.37 Å². The highest BCUT2D eigenvalue weighted by Gasteiger charge is 2.03. The Morgan fingerprint density at radius 2 is 2.22 bits per heavy atom. The standard InChI is InChI=1S/C5H9N3S/c1-2-3-4(6)5(7)9-8-3/h2,6-7H2,1H3. The molecule has 1 heterocycles. The van der Waals surface area contributed by atoms with Crippen molar-refractivity contribution in [3.63, 3.8) is 0 Å². The second-order valence-electron chi connectivity index (χ2n) is 1.76. The van der Waals surface area contributed by atoms with Crippen LogP contribution in [-0.2, 0) is 6.42 Å². The maximum absolute atomic E-state index is 5.54. The summed E-state index contributed by atoms with van der Waals surface area (Å²) in [5.41, 5.74) is 12.6. The molecule has 0 saturated carbocycles. The predicted molar refractivity (Wildman–Crippen MR) is 40.3 cm³/mol. The molecule has 0 unspecified atom stereocenters. The summed E-state index contributed by atoms with van der Waals surface area (Å²) in [6.45, 7) is 2.00. The number of rotatable bonds is 1. The fourth-order valence-electron chi connectivity index (χ4n) is 0.600. The molecule has 0 aliphatic carbocycles. The first-order valence-electron chi connectivity index (χ1n) is 2.75. The molecular weight excluding hydrogens is 134 g/mol. The average molecular weight is 143 g/mol. The summed E-state index contributed by atoms with van der Waals surface area (Å²) >= 11 is 1.26. The summed E-state index contributed by atoms with van der Waals surface area (Å²) in [6.07, 6.45) is 0.861. The second kappa shape index (κ2) is 2.23. The van der Waals surface area contributed by atoms with Gasteiger partial charge in [-0.1, -0.05) is 6.92 Å². The van der Waals surface area contributed by atoms with Crippen LogP contribution in [0.5, 0.6) is 0 Å². The Morgan fingerprint density at radius 3 is 2.44 bits per heavy atom. The van der Waals surface area contributed by atoms with Crippen molar-refractivity contribution in [3.05, 3.63) is 5.69 Å². The van der Waals surface area contributed by atoms with E-state index >= 15 is 0 Å². The molecule has 4 N–H and O–H groups in total. The fraction of sp³-hybridized carbons (Fsp3) is 0.400. The lowest BCUT2D eigenvalue weighted by molar-refractivity contribution is 1.09. The first kappa shape index (κ1) is 6.35. The first-order chi connectivity index (χ1) is 4.25. The van der Waals surface area contributed by atoms with Crippen LogP contribution in [0.3, 0.4) is 0 Å². The Morgan fingerprint density at radius 1 is 1.56 bits per heavy atom. The number of anilines is 2. The van der Waals surface area contributed by atoms with E-state index in [0.29, 0.717) is 10.7 Å². The molecule has 0 atom stereocenters. The van der Waals surface area contributed by atoms with Crippen LogP contribution < -0.4 is 11.5 Å². The third kappa shape index (κ3) is 0.977. The van der Waals surface area contributed by atoms with Gasteiger partial charge in [0.05, 0.1) is 11.4 Å². The van der Waals surface area contributed by atoms with Crippen LogP contribution >= 0.6 is 11.5 Å². The van der Waals surface area contributed by atoms with Gasteiger partial charge in [0, 0.05) is 0 Å². The van der Waals surface area contributed by atoms with Gasteiger partial charge in [0.1, 0.15) is 5.00 Å². The van der Waals surface area contributed by atoms with E-state index in [9.17, 15) is 0 Å². The van der Waals surface area contributed by atoms with Crippen LogP contribution in [0.25, 0.3) is 0 Å². The van der Waals surface area contributed by atoms with Crippen molar-refractivity contribution in [2.24, 2.45) is 0 Å². The molecule has 0 saturated heterocycles. The summed E-state index contributed by atoms with van der Waals surface area (Å²) in [6, 6.07) is 0. The minimum atomic E-state index is 0.631. The molecule has 4 heteroatoms. The van der Waals surface area contributed by atoms with Gasteiger partial charge in [0.25, 0.3) is 0 Å². The SMILES string of the molecule is CCc1nsc(N)c1N. The van der Waals surface area contributed by atoms with Crippen LogP contribution in [0, 0.1) is 0 Å². The van der Waals surface area contributed by atoms with Gasteiger partial charge in [0.15, 0.2) is 0 Å². The van der Waals surface area contributed by atoms with Gasteiger partial charge in [0.2, 0.25) is 0 Å². The van der Waals surface area contributed by atoms with Crippen molar-refractivity contribution in [3.8, 4) is 0 Å². The van der Waals surface area contributed by atoms with Gasteiger partial charge in [-0.25, -0.2) is 0 Å². The van der Waals surface area contributed by atoms with E-state index < -0.39 is 0 Å². The number of nitrogens with zero attached hydrogens (tertiary/aromatic N) is 1. The average Bonchev–Trinajstić information content (AvgIpc) is 2.15. The van der Waals surface area contributed by atoms with Crippen molar-refractivity contribution in [1.29, 1.82) is 0 Å². The summed E-state index contributed by atoms with van der Waals surface area (Å²) in [4.78, 5) is 0. The molecule has 0 aromatic carbocycles. The molecule has 0 fully saturated rings. The highest BCUT2D eigenvalue weighted by molar-refractivity contribution is 7.10. The quantitative estimate of drug-likeness (QED) is 0.613. The molecule has 0 bridgehead atoms. The van der Waals surface area contributed by atoms with E-state index in [1.807, 2.05) is 6.92 Å². The van der Waals surface area contributed by atoms with Crippen molar-refractivity contribution in [2.45, 2.75) is 13.3 Å². The zero-order valence-electron chi connectivity index (χ0n) is 5.22. The molecule has 0 spiro atoms. The molecular formula is C5H9N3S. The van der Waals surface area contributed by atoms with Crippen LogP contribution in [0.2, 0.25) is 0 Å². The smallest absolute Gasteiger partial charge is 0.130 e. The molecule has 0 radical (unpaired) electrons. The van der Waals surface area contributed by atoms with Crippen molar-refractivity contribution in [2.75, 3.05) is 11.5 Å². The predicted octanol–water partition coefficient (Wildman–Crippen LogP) is 0.870. The van der Waals surface area contributed by atoms with Gasteiger partial charge in [-0.05, 0) is 18.0 Å². The highest BCUT2D eigenvalue weighted by atomic mass is 32.1. The molecule has 1 aromatic rings. The maximum Gasteiger partial charge on any atom is 0.130 e. The molecule has 1 aromatic heterocycles. The zero-order valence-corrected chi connectivity index (χ0v) is 6.03. The molecule has 0 amide bonds. The van der Waals surface area contributed by atoms with Crippen LogP contribution in [-0.4, -0.2) is 4.37 Å². The van der Waals surface area contributed by atoms with E-state index in [4.69, 9.17) is 11.5 Å². The van der Waals surface area contributed by atoms with Gasteiger partial charge in [-0.3, -0.25) is 0 Å². The minimum Gasteiger partial charge on any atom is -0.395 e. The fourth-order valence-corrected chi connectivity index (χ4v) is 1.25. The zero-order chi connectivity index (χ0) is 6.85. The van der Waals surface area contributed by atoms with Crippen molar-refractivity contribution < 1.29 is 0 Å². The number of aryl methyl sites for hydroxylation is 1. The van der Waals surface area contributed by atoms with Gasteiger partial charge in [-0.15, -0.1) is 0 Å². The van der Waals surface area contributed by atoms with Crippen LogP contribution in [0.15, 0.2) is 0 Å². The lowest BCUT2D eigenvalue weighted by atomic mass is 10.3. The summed E-state index contributed by atoms with van der Waals surface area (Å²) in [5.74, 6) is 0. The Balaban J connectivity index is 3.04. The Hall–Kier alpha value is -0.770. The van der Waals surface area contributed by atoms with E-state index in [1.165, 1.54) is 11.5 Å². The third-order valence-corrected chi connectivity index (χ3v) is 1.89. The summed E-state index contributed by atoms with van der Waals surface area (Å²) < 4.78 is 4.03. The number of nitrogen functional groups attached to an aromatic ring is 2. The largest absolute Gasteiger partial charge is 0.395 e. The van der Waals surface area contributed by atoms with Crippen LogP contribution in [0.1, 0.15) is 12.6 Å². The summed E-state index contributed by atoms with van der Waals surface area (Å²) in [5, 5.41) is 0.631. The van der Waals surface area contributed by atoms with Crippen molar-refractivity contribution in [1.82, 2.24) is 4.37 Å². The van der Waals surface area contributed by atoms with E-state index in [0.717, 1.165) is 12.1 Å². The summed E-state index contributed by atoms with van der Waals surface area (Å²) in [7, 11) is 0. The Labute approximate surface area is 57.8 Å². The number of hydrogen-bond donors (Lipinski definition) is 2. The van der Waals surface area contributed by atoms with Gasteiger partial charge >= 0.3 is 0 Å². The van der Waals surface area contributed by atoms with E-state index in [-0.39, 0.29) is 0 Å². The molecule has 50 valence electrons. The lowest BCUT2D eigenvalue weighted by Gasteiger charge is -1.89. The Kier molecular flexibility index (Phi) is 1.57. The second-order valence-corrected chi connectivity index (χ2v) is 2.57. The maximum atomic E-state index is 5.54. The normalized spacial score (nSPS) is 9.89. The van der Waals surface area contributed by atoms with Crippen LogP contribution in [0.4, 0.5) is 10.7 Å². The van der Waals surface area contributed by atoms with E-state index in [1.54, 1.807) is 0 Å². The topological polar surface area (TPSA) is 64.9 Å². The molecule has 0 aliphatic heterocycles. The molecule has 0 aliphatic rings. The van der Waals surface area contributed by atoms with Gasteiger partial charge in [-0.2, -0.15) is 4.37 Å². The molecule has 3 nitrogen and oxygen atoms in total. The third-order valence-electron chi connectivity index (χ3n) is 1.17. The lowest BCUT2D eigenvalue weighted by Crippen LogP contribution is -1.92. The molecule has 9 heavy (non-hydrogen) atoms. The number of nitrogens with two attached hydrogens (primary N) is 2. The van der Waals surface area contributed by atoms with Crippen molar-refractivity contribution >= 4 is 22.2 Å². The van der Waals surface area contributed by atoms with Gasteiger partial charge < -0.3 is 11.5 Å². The Bertz CT molecular complexity index is 206. The number of aromatic nitrogens is 1. The first-order valence-corrected chi connectivity index (χ1v) is 3.52. The highest BCUT2D eigenvalue weighted by Crippen LogP contribution is 2.23. The molecule has 1 rings (SSSR count).